The summed E-state index contributed by atoms with van der Waals surface area (Å²) in [7, 11) is 0. The molecule has 1 aliphatic carbocycles. The van der Waals surface area contributed by atoms with Crippen LogP contribution in [0.5, 0.6) is 0 Å². The van der Waals surface area contributed by atoms with E-state index in [4.69, 9.17) is 0 Å². The molecule has 0 saturated heterocycles. The summed E-state index contributed by atoms with van der Waals surface area (Å²) in [5.41, 5.74) is 4.12. The number of aromatic nitrogens is 3. The van der Waals surface area contributed by atoms with E-state index in [1.54, 1.807) is 11.3 Å². The van der Waals surface area contributed by atoms with E-state index < -0.39 is 0 Å². The van der Waals surface area contributed by atoms with Crippen LogP contribution in [-0.4, -0.2) is 14.5 Å². The van der Waals surface area contributed by atoms with Gasteiger partial charge >= 0.3 is 0 Å². The number of aryl methyl sites for hydroxylation is 2. The van der Waals surface area contributed by atoms with Crippen LogP contribution in [0.15, 0.2) is 11.7 Å². The van der Waals surface area contributed by atoms with Gasteiger partial charge in [-0.2, -0.15) is 0 Å². The molecule has 2 heterocycles. The molecule has 1 saturated carbocycles. The highest BCUT2D eigenvalue weighted by Crippen LogP contribution is 2.32. The SMILES string of the molecule is Cc1cn(C2CCCC2)c(NCc2scnc2C)n1. The van der Waals surface area contributed by atoms with Gasteiger partial charge in [-0.15, -0.1) is 11.3 Å². The zero-order valence-electron chi connectivity index (χ0n) is 11.5. The van der Waals surface area contributed by atoms with Crippen molar-refractivity contribution in [2.24, 2.45) is 0 Å². The predicted molar refractivity (Wildman–Crippen MR) is 78.6 cm³/mol. The zero-order chi connectivity index (χ0) is 13.2. The minimum absolute atomic E-state index is 0.631. The molecule has 0 amide bonds. The van der Waals surface area contributed by atoms with Crippen molar-refractivity contribution in [3.8, 4) is 0 Å². The molecule has 2 aromatic rings. The molecule has 0 aromatic carbocycles. The molecule has 1 aliphatic rings. The van der Waals surface area contributed by atoms with Crippen molar-refractivity contribution < 1.29 is 0 Å². The molecule has 102 valence electrons. The number of anilines is 1. The van der Waals surface area contributed by atoms with E-state index >= 15 is 0 Å². The van der Waals surface area contributed by atoms with Crippen molar-refractivity contribution in [1.82, 2.24) is 14.5 Å². The third-order valence-electron chi connectivity index (χ3n) is 3.82. The average molecular weight is 276 g/mol. The summed E-state index contributed by atoms with van der Waals surface area (Å²) < 4.78 is 2.33. The Kier molecular flexibility index (Phi) is 3.55. The van der Waals surface area contributed by atoms with Gasteiger partial charge in [0.2, 0.25) is 5.95 Å². The van der Waals surface area contributed by atoms with Gasteiger partial charge in [0, 0.05) is 17.1 Å². The fraction of sp³-hybridized carbons (Fsp3) is 0.571. The van der Waals surface area contributed by atoms with Crippen molar-refractivity contribution in [3.05, 3.63) is 28.0 Å². The predicted octanol–water partition coefficient (Wildman–Crippen LogP) is 3.68. The maximum Gasteiger partial charge on any atom is 0.203 e. The molecule has 3 rings (SSSR count). The van der Waals surface area contributed by atoms with Gasteiger partial charge in [0.15, 0.2) is 0 Å². The summed E-state index contributed by atoms with van der Waals surface area (Å²) in [6.07, 6.45) is 7.43. The van der Waals surface area contributed by atoms with Gasteiger partial charge < -0.3 is 9.88 Å². The van der Waals surface area contributed by atoms with Crippen LogP contribution in [0.4, 0.5) is 5.95 Å². The van der Waals surface area contributed by atoms with E-state index in [1.807, 2.05) is 5.51 Å². The number of imidazole rings is 1. The molecule has 2 aromatic heterocycles. The lowest BCUT2D eigenvalue weighted by molar-refractivity contribution is 0.522. The lowest BCUT2D eigenvalue weighted by Crippen LogP contribution is -2.10. The molecule has 1 N–H and O–H groups in total. The lowest BCUT2D eigenvalue weighted by Gasteiger charge is -2.15. The van der Waals surface area contributed by atoms with Crippen LogP contribution in [0.3, 0.4) is 0 Å². The topological polar surface area (TPSA) is 42.7 Å². The zero-order valence-corrected chi connectivity index (χ0v) is 12.3. The summed E-state index contributed by atoms with van der Waals surface area (Å²) in [6.45, 7) is 4.94. The van der Waals surface area contributed by atoms with Gasteiger partial charge in [0.25, 0.3) is 0 Å². The Balaban J connectivity index is 1.75. The Hall–Kier alpha value is -1.36. The second kappa shape index (κ2) is 5.33. The molecule has 0 unspecified atom stereocenters. The molecule has 4 nitrogen and oxygen atoms in total. The third kappa shape index (κ3) is 2.66. The van der Waals surface area contributed by atoms with Crippen molar-refractivity contribution in [2.75, 3.05) is 5.32 Å². The monoisotopic (exact) mass is 276 g/mol. The Morgan fingerprint density at radius 2 is 2.16 bits per heavy atom. The minimum Gasteiger partial charge on any atom is -0.351 e. The van der Waals surface area contributed by atoms with Gasteiger partial charge in [-0.05, 0) is 26.7 Å². The molecule has 0 spiro atoms. The van der Waals surface area contributed by atoms with Gasteiger partial charge in [-0.3, -0.25) is 0 Å². The van der Waals surface area contributed by atoms with E-state index in [-0.39, 0.29) is 0 Å². The van der Waals surface area contributed by atoms with Crippen LogP contribution in [0.1, 0.15) is 48.0 Å². The van der Waals surface area contributed by atoms with Gasteiger partial charge in [-0.25, -0.2) is 9.97 Å². The van der Waals surface area contributed by atoms with Crippen LogP contribution in [0.25, 0.3) is 0 Å². The third-order valence-corrected chi connectivity index (χ3v) is 4.76. The van der Waals surface area contributed by atoms with Gasteiger partial charge in [0.1, 0.15) is 0 Å². The van der Waals surface area contributed by atoms with E-state index in [0.717, 1.165) is 23.9 Å². The van der Waals surface area contributed by atoms with Crippen molar-refractivity contribution in [3.63, 3.8) is 0 Å². The Bertz CT molecular complexity index is 552. The second-order valence-electron chi connectivity index (χ2n) is 5.27. The van der Waals surface area contributed by atoms with Crippen LogP contribution >= 0.6 is 11.3 Å². The quantitative estimate of drug-likeness (QED) is 0.926. The van der Waals surface area contributed by atoms with Crippen LogP contribution < -0.4 is 5.32 Å². The van der Waals surface area contributed by atoms with E-state index in [1.165, 1.54) is 30.6 Å². The summed E-state index contributed by atoms with van der Waals surface area (Å²) in [4.78, 5) is 10.2. The molecule has 0 radical (unpaired) electrons. The number of nitrogens with one attached hydrogen (secondary N) is 1. The number of hydrogen-bond donors (Lipinski definition) is 1. The first kappa shape index (κ1) is 12.7. The Morgan fingerprint density at radius 3 is 2.84 bits per heavy atom. The summed E-state index contributed by atoms with van der Waals surface area (Å²) >= 11 is 1.70. The fourth-order valence-electron chi connectivity index (χ4n) is 2.76. The first-order chi connectivity index (χ1) is 9.24. The molecule has 19 heavy (non-hydrogen) atoms. The van der Waals surface area contributed by atoms with Crippen LogP contribution in [0, 0.1) is 13.8 Å². The molecule has 5 heteroatoms. The molecule has 0 bridgehead atoms. The van der Waals surface area contributed by atoms with Crippen molar-refractivity contribution >= 4 is 17.3 Å². The molecular weight excluding hydrogens is 256 g/mol. The smallest absolute Gasteiger partial charge is 0.203 e. The van der Waals surface area contributed by atoms with Crippen LogP contribution in [-0.2, 0) is 6.54 Å². The largest absolute Gasteiger partial charge is 0.351 e. The van der Waals surface area contributed by atoms with E-state index in [9.17, 15) is 0 Å². The summed E-state index contributed by atoms with van der Waals surface area (Å²) in [6, 6.07) is 0.631. The summed E-state index contributed by atoms with van der Waals surface area (Å²) in [5.74, 6) is 1.01. The molecule has 0 atom stereocenters. The first-order valence-corrected chi connectivity index (χ1v) is 7.80. The van der Waals surface area contributed by atoms with E-state index in [2.05, 4.69) is 39.9 Å². The van der Waals surface area contributed by atoms with E-state index in [0.29, 0.717) is 6.04 Å². The van der Waals surface area contributed by atoms with Gasteiger partial charge in [-0.1, -0.05) is 12.8 Å². The number of hydrogen-bond acceptors (Lipinski definition) is 4. The highest BCUT2D eigenvalue weighted by molar-refractivity contribution is 7.09. The standard InChI is InChI=1S/C14H20N4S/c1-10-8-18(12-5-3-4-6-12)14(17-10)15-7-13-11(2)16-9-19-13/h8-9,12H,3-7H2,1-2H3,(H,15,17). The summed E-state index contributed by atoms with van der Waals surface area (Å²) in [5, 5.41) is 3.48. The Morgan fingerprint density at radius 1 is 1.37 bits per heavy atom. The van der Waals surface area contributed by atoms with Crippen molar-refractivity contribution in [1.29, 1.82) is 0 Å². The fourth-order valence-corrected chi connectivity index (χ4v) is 3.48. The highest BCUT2D eigenvalue weighted by Gasteiger charge is 2.20. The molecular formula is C14H20N4S. The maximum absolute atomic E-state index is 4.62. The van der Waals surface area contributed by atoms with Crippen LogP contribution in [0.2, 0.25) is 0 Å². The normalized spacial score (nSPS) is 16.1. The lowest BCUT2D eigenvalue weighted by atomic mass is 10.2. The molecule has 0 aliphatic heterocycles. The second-order valence-corrected chi connectivity index (χ2v) is 6.21. The van der Waals surface area contributed by atoms with Crippen molar-refractivity contribution in [2.45, 2.75) is 52.1 Å². The number of rotatable bonds is 4. The number of nitrogens with zero attached hydrogens (tertiary/aromatic N) is 3. The first-order valence-electron chi connectivity index (χ1n) is 6.92. The highest BCUT2D eigenvalue weighted by atomic mass is 32.1. The molecule has 1 fully saturated rings. The average Bonchev–Trinajstić information content (AvgIpc) is 3.07. The number of thiazole rings is 1. The Labute approximate surface area is 117 Å². The maximum atomic E-state index is 4.62. The van der Waals surface area contributed by atoms with Gasteiger partial charge in [0.05, 0.1) is 23.4 Å². The minimum atomic E-state index is 0.631.